The number of methoxy groups -OCH3 is 1. The highest BCUT2D eigenvalue weighted by atomic mass is 28.4. The van der Waals surface area contributed by atoms with E-state index in [9.17, 15) is 34.4 Å². The maximum absolute atomic E-state index is 12.7. The summed E-state index contributed by atoms with van der Waals surface area (Å²) in [7, 11) is -1.26. The van der Waals surface area contributed by atoms with Crippen LogP contribution in [-0.2, 0) is 59.7 Å². The third-order valence-corrected chi connectivity index (χ3v) is 11.5. The van der Waals surface area contributed by atoms with E-state index in [0.29, 0.717) is 5.56 Å². The van der Waals surface area contributed by atoms with Crippen molar-refractivity contribution in [1.29, 1.82) is 0 Å². The molecule has 1 aliphatic heterocycles. The van der Waals surface area contributed by atoms with Gasteiger partial charge in [0.1, 0.15) is 0 Å². The second kappa shape index (κ2) is 12.6. The zero-order chi connectivity index (χ0) is 31.5. The SMILES string of the molecule is COC(=O)[C@H]1O[C@](O)(c2ccc(CO[Si](C)(C)C(C)(C)C)cc2[N+](=O)[O-])[C@H](OC(C)=O)[C@@H](OC(C)=O)[C@@H]1OC(C)=O. The fourth-order valence-electron chi connectivity index (χ4n) is 3.98. The van der Waals surface area contributed by atoms with Gasteiger partial charge in [-0.1, -0.05) is 26.8 Å². The van der Waals surface area contributed by atoms with E-state index in [2.05, 4.69) is 0 Å². The number of rotatable bonds is 9. The van der Waals surface area contributed by atoms with Crippen LogP contribution in [-0.4, -0.2) is 73.8 Å². The number of carbonyl (C=O) groups excluding carboxylic acids is 4. The van der Waals surface area contributed by atoms with Crippen molar-refractivity contribution in [3.8, 4) is 0 Å². The van der Waals surface area contributed by atoms with Crippen LogP contribution in [0.25, 0.3) is 0 Å². The molecule has 1 fully saturated rings. The number of nitrogens with zero attached hydrogens (tertiary/aromatic N) is 1. The van der Waals surface area contributed by atoms with Gasteiger partial charge in [0.15, 0.2) is 26.6 Å². The minimum absolute atomic E-state index is 0.0274. The molecule has 5 atom stereocenters. The van der Waals surface area contributed by atoms with Crippen molar-refractivity contribution in [1.82, 2.24) is 0 Å². The first-order valence-corrected chi connectivity index (χ1v) is 15.6. The molecule has 41 heavy (non-hydrogen) atoms. The first kappa shape index (κ1) is 33.8. The number of nitro groups is 1. The molecule has 0 amide bonds. The Hall–Kier alpha value is -3.40. The normalized spacial score (nSPS) is 24.6. The molecular formula is C26H37NO13Si. The molecule has 0 bridgehead atoms. The van der Waals surface area contributed by atoms with Crippen molar-refractivity contribution in [3.05, 3.63) is 39.4 Å². The monoisotopic (exact) mass is 599 g/mol. The fourth-order valence-corrected chi connectivity index (χ4v) is 4.94. The van der Waals surface area contributed by atoms with Crippen molar-refractivity contribution in [2.24, 2.45) is 0 Å². The second-order valence-electron chi connectivity index (χ2n) is 11.1. The average molecular weight is 600 g/mol. The molecule has 0 spiro atoms. The van der Waals surface area contributed by atoms with Gasteiger partial charge in [0.05, 0.1) is 24.2 Å². The predicted molar refractivity (Wildman–Crippen MR) is 143 cm³/mol. The van der Waals surface area contributed by atoms with Crippen LogP contribution >= 0.6 is 0 Å². The standard InChI is InChI=1S/C26H37NO13Si/c1-14(28)37-20-21(38-15(2)29)23(39-16(3)30)26(32,40-22(20)24(31)35-7)18-11-10-17(12-19(18)27(33)34)13-36-41(8,9)25(4,5)6/h10-12,20-23,32H,13H2,1-9H3/t20-,21-,22-,23+,26+/m0/s1. The van der Waals surface area contributed by atoms with Crippen molar-refractivity contribution in [2.75, 3.05) is 7.11 Å². The Morgan fingerprint density at radius 1 is 1.02 bits per heavy atom. The number of nitro benzene ring substituents is 1. The van der Waals surface area contributed by atoms with Crippen LogP contribution in [0.1, 0.15) is 52.7 Å². The highest BCUT2D eigenvalue weighted by Crippen LogP contribution is 2.44. The molecule has 1 heterocycles. The maximum Gasteiger partial charge on any atom is 0.339 e. The molecule has 1 N–H and O–H groups in total. The fraction of sp³-hybridized carbons (Fsp3) is 0.615. The zero-order valence-electron chi connectivity index (χ0n) is 24.5. The Morgan fingerprint density at radius 3 is 2.02 bits per heavy atom. The number of benzene rings is 1. The molecule has 1 aromatic rings. The third kappa shape index (κ3) is 7.66. The van der Waals surface area contributed by atoms with Crippen molar-refractivity contribution >= 4 is 37.9 Å². The number of aliphatic hydroxyl groups is 1. The summed E-state index contributed by atoms with van der Waals surface area (Å²) in [6.07, 6.45) is -7.58. The summed E-state index contributed by atoms with van der Waals surface area (Å²) in [6, 6.07) is 3.75. The molecule has 0 aromatic heterocycles. The van der Waals surface area contributed by atoms with E-state index in [-0.39, 0.29) is 11.6 Å². The Labute approximate surface area is 238 Å². The maximum atomic E-state index is 12.7. The summed E-state index contributed by atoms with van der Waals surface area (Å²) in [4.78, 5) is 60.2. The van der Waals surface area contributed by atoms with E-state index in [1.54, 1.807) is 0 Å². The van der Waals surface area contributed by atoms with Crippen molar-refractivity contribution in [3.63, 3.8) is 0 Å². The number of carbonyl (C=O) groups is 4. The molecule has 2 rings (SSSR count). The number of esters is 4. The molecule has 1 aromatic carbocycles. The predicted octanol–water partition coefficient (Wildman–Crippen LogP) is 2.63. The first-order valence-electron chi connectivity index (χ1n) is 12.7. The van der Waals surface area contributed by atoms with E-state index in [0.717, 1.165) is 40.0 Å². The summed E-state index contributed by atoms with van der Waals surface area (Å²) in [6.45, 7) is 13.1. The van der Waals surface area contributed by atoms with Crippen molar-refractivity contribution in [2.45, 2.75) is 96.5 Å². The Kier molecular flexibility index (Phi) is 10.4. The summed E-state index contributed by atoms with van der Waals surface area (Å²) in [5.41, 5.74) is -0.804. The van der Waals surface area contributed by atoms with E-state index in [4.69, 9.17) is 28.1 Å². The number of hydrogen-bond acceptors (Lipinski definition) is 13. The van der Waals surface area contributed by atoms with E-state index in [1.807, 2.05) is 33.9 Å². The van der Waals surface area contributed by atoms with Gasteiger partial charge < -0.3 is 33.2 Å². The Morgan fingerprint density at radius 2 is 1.56 bits per heavy atom. The van der Waals surface area contributed by atoms with Gasteiger partial charge in [-0.25, -0.2) is 4.79 Å². The highest BCUT2D eigenvalue weighted by Gasteiger charge is 2.63. The lowest BCUT2D eigenvalue weighted by molar-refractivity contribution is -0.395. The van der Waals surface area contributed by atoms with Gasteiger partial charge in [0.2, 0.25) is 11.9 Å². The largest absolute Gasteiger partial charge is 0.467 e. The van der Waals surface area contributed by atoms with Crippen molar-refractivity contribution < 1.29 is 57.3 Å². The number of hydrogen-bond donors (Lipinski definition) is 1. The van der Waals surface area contributed by atoms with E-state index >= 15 is 0 Å². The molecule has 0 saturated carbocycles. The van der Waals surface area contributed by atoms with Crippen LogP contribution in [0.4, 0.5) is 5.69 Å². The summed E-state index contributed by atoms with van der Waals surface area (Å²) >= 11 is 0. The van der Waals surface area contributed by atoms with Gasteiger partial charge in [0.25, 0.3) is 5.69 Å². The highest BCUT2D eigenvalue weighted by molar-refractivity contribution is 6.74. The molecule has 14 nitrogen and oxygen atoms in total. The molecule has 1 aliphatic rings. The second-order valence-corrected chi connectivity index (χ2v) is 15.9. The van der Waals surface area contributed by atoms with Gasteiger partial charge in [-0.15, -0.1) is 0 Å². The zero-order valence-corrected chi connectivity index (χ0v) is 25.5. The summed E-state index contributed by atoms with van der Waals surface area (Å²) < 4.78 is 32.2. The first-order chi connectivity index (χ1) is 18.7. The Balaban J connectivity index is 2.75. The smallest absolute Gasteiger partial charge is 0.339 e. The van der Waals surface area contributed by atoms with Gasteiger partial charge in [-0.2, -0.15) is 0 Å². The lowest BCUT2D eigenvalue weighted by atomic mass is 9.86. The quantitative estimate of drug-likeness (QED) is 0.144. The third-order valence-electron chi connectivity index (χ3n) is 6.99. The Bertz CT molecular complexity index is 1190. The number of ether oxygens (including phenoxy) is 5. The van der Waals surface area contributed by atoms with Crippen LogP contribution < -0.4 is 0 Å². The van der Waals surface area contributed by atoms with E-state index < -0.39 is 78.6 Å². The van der Waals surface area contributed by atoms with Gasteiger partial charge in [-0.05, 0) is 29.8 Å². The van der Waals surface area contributed by atoms with Gasteiger partial charge in [0, 0.05) is 26.8 Å². The molecule has 0 radical (unpaired) electrons. The summed E-state index contributed by atoms with van der Waals surface area (Å²) in [5, 5.41) is 24.0. The van der Waals surface area contributed by atoms with Crippen LogP contribution in [0.15, 0.2) is 18.2 Å². The average Bonchev–Trinajstić information content (AvgIpc) is 2.84. The van der Waals surface area contributed by atoms with Gasteiger partial charge >= 0.3 is 23.9 Å². The minimum atomic E-state index is -2.96. The molecule has 1 saturated heterocycles. The molecule has 0 aliphatic carbocycles. The topological polar surface area (TPSA) is 187 Å². The summed E-state index contributed by atoms with van der Waals surface area (Å²) in [5.74, 6) is -7.04. The van der Waals surface area contributed by atoms with E-state index in [1.165, 1.54) is 6.07 Å². The molecule has 15 heteroatoms. The van der Waals surface area contributed by atoms with Crippen LogP contribution in [0, 0.1) is 10.1 Å². The van der Waals surface area contributed by atoms with Crippen LogP contribution in [0.2, 0.25) is 18.1 Å². The molecule has 228 valence electrons. The van der Waals surface area contributed by atoms with Gasteiger partial charge in [-0.3, -0.25) is 24.5 Å². The van der Waals surface area contributed by atoms with Crippen LogP contribution in [0.5, 0.6) is 0 Å². The minimum Gasteiger partial charge on any atom is -0.467 e. The molecule has 0 unspecified atom stereocenters. The molecular weight excluding hydrogens is 562 g/mol. The lowest BCUT2D eigenvalue weighted by Gasteiger charge is -2.47. The lowest BCUT2D eigenvalue weighted by Crippen LogP contribution is -2.67. The van der Waals surface area contributed by atoms with Crippen LogP contribution in [0.3, 0.4) is 0 Å².